The van der Waals surface area contributed by atoms with E-state index < -0.39 is 0 Å². The first-order valence-corrected chi connectivity index (χ1v) is 6.26. The van der Waals surface area contributed by atoms with Gasteiger partial charge in [0.2, 0.25) is 0 Å². The van der Waals surface area contributed by atoms with Crippen molar-refractivity contribution < 1.29 is 0 Å². The van der Waals surface area contributed by atoms with Crippen molar-refractivity contribution in [2.45, 2.75) is 32.1 Å². The Labute approximate surface area is 91.1 Å². The fourth-order valence-corrected chi connectivity index (χ4v) is 2.32. The van der Waals surface area contributed by atoms with Gasteiger partial charge in [0.05, 0.1) is 0 Å². The molecule has 0 aromatic heterocycles. The number of thioether (sulfide) groups is 1. The molecule has 1 rings (SSSR count). The van der Waals surface area contributed by atoms with E-state index in [1.165, 1.54) is 11.1 Å². The molecule has 2 N–H and O–H groups in total. The van der Waals surface area contributed by atoms with Gasteiger partial charge >= 0.3 is 0 Å². The summed E-state index contributed by atoms with van der Waals surface area (Å²) in [4.78, 5) is 0. The normalized spacial score (nSPS) is 12.8. The van der Waals surface area contributed by atoms with Gasteiger partial charge in [0, 0.05) is 17.5 Å². The fourth-order valence-electron chi connectivity index (χ4n) is 1.25. The minimum absolute atomic E-state index is 0.352. The van der Waals surface area contributed by atoms with Gasteiger partial charge in [-0.1, -0.05) is 36.8 Å². The molecule has 0 bridgehead atoms. The predicted molar refractivity (Wildman–Crippen MR) is 65.6 cm³/mol. The van der Waals surface area contributed by atoms with Gasteiger partial charge in [-0.15, -0.1) is 0 Å². The lowest BCUT2D eigenvalue weighted by Crippen LogP contribution is -2.21. The van der Waals surface area contributed by atoms with Crippen molar-refractivity contribution in [3.05, 3.63) is 35.4 Å². The standard InChI is InChI=1S/C12H19NS/c1-3-12(13)9-14-8-11-6-4-5-10(2)7-11/h4-7,12H,3,8-9,13H2,1-2H3. The van der Waals surface area contributed by atoms with Crippen molar-refractivity contribution in [1.29, 1.82) is 0 Å². The molecular formula is C12H19NS. The quantitative estimate of drug-likeness (QED) is 0.807. The highest BCUT2D eigenvalue weighted by molar-refractivity contribution is 7.98. The van der Waals surface area contributed by atoms with Crippen LogP contribution < -0.4 is 5.73 Å². The Balaban J connectivity index is 2.31. The van der Waals surface area contributed by atoms with Gasteiger partial charge in [0.15, 0.2) is 0 Å². The molecule has 1 unspecified atom stereocenters. The first-order valence-electron chi connectivity index (χ1n) is 5.11. The monoisotopic (exact) mass is 209 g/mol. The Morgan fingerprint density at radius 1 is 1.43 bits per heavy atom. The van der Waals surface area contributed by atoms with E-state index in [1.807, 2.05) is 11.8 Å². The predicted octanol–water partition coefficient (Wildman–Crippen LogP) is 2.97. The highest BCUT2D eigenvalue weighted by Crippen LogP contribution is 2.14. The van der Waals surface area contributed by atoms with Gasteiger partial charge in [-0.2, -0.15) is 11.8 Å². The second kappa shape index (κ2) is 6.10. The average Bonchev–Trinajstić information content (AvgIpc) is 2.17. The summed E-state index contributed by atoms with van der Waals surface area (Å²) in [7, 11) is 0. The molecule has 14 heavy (non-hydrogen) atoms. The molecule has 2 heteroatoms. The molecule has 0 fully saturated rings. The van der Waals surface area contributed by atoms with Crippen LogP contribution >= 0.6 is 11.8 Å². The van der Waals surface area contributed by atoms with E-state index in [1.54, 1.807) is 0 Å². The third-order valence-electron chi connectivity index (χ3n) is 2.21. The van der Waals surface area contributed by atoms with Crippen molar-refractivity contribution in [1.82, 2.24) is 0 Å². The second-order valence-corrected chi connectivity index (χ2v) is 4.70. The molecule has 0 aliphatic heterocycles. The first-order chi connectivity index (χ1) is 6.72. The van der Waals surface area contributed by atoms with E-state index >= 15 is 0 Å². The number of benzene rings is 1. The Bertz CT molecular complexity index is 273. The highest BCUT2D eigenvalue weighted by Gasteiger charge is 1.99. The molecule has 1 aromatic carbocycles. The SMILES string of the molecule is CCC(N)CSCc1cccc(C)c1. The molecule has 0 amide bonds. The third-order valence-corrected chi connectivity index (χ3v) is 3.41. The largest absolute Gasteiger partial charge is 0.327 e. The smallest absolute Gasteiger partial charge is 0.0185 e. The van der Waals surface area contributed by atoms with E-state index in [2.05, 4.69) is 38.1 Å². The summed E-state index contributed by atoms with van der Waals surface area (Å²) in [5, 5.41) is 0. The van der Waals surface area contributed by atoms with Gasteiger partial charge < -0.3 is 5.73 Å². The molecule has 0 spiro atoms. The van der Waals surface area contributed by atoms with Crippen LogP contribution in [0.2, 0.25) is 0 Å². The van der Waals surface area contributed by atoms with Crippen LogP contribution in [0.15, 0.2) is 24.3 Å². The molecule has 1 atom stereocenters. The topological polar surface area (TPSA) is 26.0 Å². The maximum atomic E-state index is 5.85. The van der Waals surface area contributed by atoms with Crippen molar-refractivity contribution in [3.8, 4) is 0 Å². The van der Waals surface area contributed by atoms with Gasteiger partial charge in [0.1, 0.15) is 0 Å². The van der Waals surface area contributed by atoms with Crippen molar-refractivity contribution in [3.63, 3.8) is 0 Å². The maximum Gasteiger partial charge on any atom is 0.0185 e. The average molecular weight is 209 g/mol. The molecule has 0 radical (unpaired) electrons. The van der Waals surface area contributed by atoms with Crippen molar-refractivity contribution in [2.24, 2.45) is 5.73 Å². The van der Waals surface area contributed by atoms with Crippen LogP contribution in [0.1, 0.15) is 24.5 Å². The fraction of sp³-hybridized carbons (Fsp3) is 0.500. The summed E-state index contributed by atoms with van der Waals surface area (Å²) < 4.78 is 0. The second-order valence-electron chi connectivity index (χ2n) is 3.67. The lowest BCUT2D eigenvalue weighted by atomic mass is 10.2. The van der Waals surface area contributed by atoms with Gasteiger partial charge in [0.25, 0.3) is 0 Å². The molecule has 0 aliphatic carbocycles. The highest BCUT2D eigenvalue weighted by atomic mass is 32.2. The number of aryl methyl sites for hydroxylation is 1. The molecular weight excluding hydrogens is 190 g/mol. The minimum atomic E-state index is 0.352. The summed E-state index contributed by atoms with van der Waals surface area (Å²) in [6.07, 6.45) is 1.07. The van der Waals surface area contributed by atoms with Crippen LogP contribution in [-0.2, 0) is 5.75 Å². The van der Waals surface area contributed by atoms with Crippen LogP contribution in [0, 0.1) is 6.92 Å². The molecule has 0 saturated heterocycles. The molecule has 0 heterocycles. The Morgan fingerprint density at radius 3 is 2.86 bits per heavy atom. The van der Waals surface area contributed by atoms with E-state index in [-0.39, 0.29) is 0 Å². The summed E-state index contributed by atoms with van der Waals surface area (Å²) in [6.45, 7) is 4.27. The zero-order valence-electron chi connectivity index (χ0n) is 8.99. The van der Waals surface area contributed by atoms with Crippen LogP contribution in [0.3, 0.4) is 0 Å². The van der Waals surface area contributed by atoms with Crippen LogP contribution in [-0.4, -0.2) is 11.8 Å². The minimum Gasteiger partial charge on any atom is -0.327 e. The van der Waals surface area contributed by atoms with Crippen molar-refractivity contribution >= 4 is 11.8 Å². The zero-order chi connectivity index (χ0) is 10.4. The number of rotatable bonds is 5. The van der Waals surface area contributed by atoms with Gasteiger partial charge in [-0.25, -0.2) is 0 Å². The van der Waals surface area contributed by atoms with E-state index in [0.717, 1.165) is 17.9 Å². The Kier molecular flexibility index (Phi) is 5.05. The molecule has 78 valence electrons. The van der Waals surface area contributed by atoms with Crippen LogP contribution in [0.5, 0.6) is 0 Å². The zero-order valence-corrected chi connectivity index (χ0v) is 9.81. The lowest BCUT2D eigenvalue weighted by molar-refractivity contribution is 0.725. The van der Waals surface area contributed by atoms with Gasteiger partial charge in [-0.05, 0) is 18.9 Å². The Morgan fingerprint density at radius 2 is 2.21 bits per heavy atom. The Hall–Kier alpha value is -0.470. The summed E-state index contributed by atoms with van der Waals surface area (Å²) in [6, 6.07) is 9.02. The number of nitrogens with two attached hydrogens (primary N) is 1. The van der Waals surface area contributed by atoms with E-state index in [0.29, 0.717) is 6.04 Å². The summed E-state index contributed by atoms with van der Waals surface area (Å²) in [5.41, 5.74) is 8.58. The van der Waals surface area contributed by atoms with Crippen molar-refractivity contribution in [2.75, 3.05) is 5.75 Å². The first kappa shape index (κ1) is 11.6. The molecule has 0 aliphatic rings. The maximum absolute atomic E-state index is 5.85. The van der Waals surface area contributed by atoms with Crippen LogP contribution in [0.25, 0.3) is 0 Å². The lowest BCUT2D eigenvalue weighted by Gasteiger charge is -2.08. The third kappa shape index (κ3) is 4.16. The number of hydrogen-bond donors (Lipinski definition) is 1. The van der Waals surface area contributed by atoms with E-state index in [9.17, 15) is 0 Å². The molecule has 0 saturated carbocycles. The van der Waals surface area contributed by atoms with E-state index in [4.69, 9.17) is 5.73 Å². The van der Waals surface area contributed by atoms with Gasteiger partial charge in [-0.3, -0.25) is 0 Å². The molecule has 1 nitrogen and oxygen atoms in total. The summed E-state index contributed by atoms with van der Waals surface area (Å²) >= 11 is 1.92. The summed E-state index contributed by atoms with van der Waals surface area (Å²) in [5.74, 6) is 2.14. The van der Waals surface area contributed by atoms with Crippen LogP contribution in [0.4, 0.5) is 0 Å². The number of hydrogen-bond acceptors (Lipinski definition) is 2. The molecule has 1 aromatic rings.